The molecule has 0 saturated carbocycles. The minimum Gasteiger partial charge on any atom is -0.464 e. The van der Waals surface area contributed by atoms with Gasteiger partial charge in [-0.05, 0) is 43.4 Å². The van der Waals surface area contributed by atoms with Crippen LogP contribution in [-0.2, 0) is 16.0 Å². The van der Waals surface area contributed by atoms with Gasteiger partial charge in [0.1, 0.15) is 11.5 Å². The van der Waals surface area contributed by atoms with E-state index in [0.29, 0.717) is 11.7 Å². The summed E-state index contributed by atoms with van der Waals surface area (Å²) in [5.41, 5.74) is 2.32. The third-order valence-corrected chi connectivity index (χ3v) is 3.76. The van der Waals surface area contributed by atoms with E-state index in [2.05, 4.69) is 0 Å². The first-order valence-electron chi connectivity index (χ1n) is 6.73. The molecule has 3 rings (SSSR count). The first-order chi connectivity index (χ1) is 9.13. The zero-order chi connectivity index (χ0) is 13.4. The molecule has 0 aromatic heterocycles. The molecular weight excluding hydrogens is 244 g/mol. The zero-order valence-electron chi connectivity index (χ0n) is 11.3. The first-order valence-corrected chi connectivity index (χ1v) is 6.73. The summed E-state index contributed by atoms with van der Waals surface area (Å²) in [7, 11) is 0. The van der Waals surface area contributed by atoms with Crippen molar-refractivity contribution in [1.29, 1.82) is 0 Å². The number of hydrogen-bond donors (Lipinski definition) is 0. The predicted molar refractivity (Wildman–Crippen MR) is 69.3 cm³/mol. The highest BCUT2D eigenvalue weighted by Crippen LogP contribution is 2.39. The molecule has 2 aliphatic rings. The number of fused-ring (bicyclic) bond motifs is 2. The molecular formula is C15H18O4. The average Bonchev–Trinajstić information content (AvgIpc) is 2.36. The van der Waals surface area contributed by atoms with Gasteiger partial charge in [0.2, 0.25) is 6.29 Å². The van der Waals surface area contributed by atoms with Crippen LogP contribution in [0.15, 0.2) is 12.1 Å². The summed E-state index contributed by atoms with van der Waals surface area (Å²) in [6.07, 6.45) is 3.08. The maximum atomic E-state index is 11.0. The van der Waals surface area contributed by atoms with Crippen LogP contribution in [0.3, 0.4) is 0 Å². The Labute approximate surface area is 112 Å². The molecule has 0 spiro atoms. The molecule has 2 aliphatic heterocycles. The van der Waals surface area contributed by atoms with Gasteiger partial charge in [0, 0.05) is 18.9 Å². The number of carbonyl (C=O) groups is 1. The van der Waals surface area contributed by atoms with Crippen LogP contribution in [0.4, 0.5) is 0 Å². The molecule has 1 aromatic carbocycles. The Kier molecular flexibility index (Phi) is 3.19. The standard InChI is InChI=1S/C15H18O4/c1-9-6-12(18-10(2)16)8-14-13(9)7-11-4-3-5-17-15(11)19-14/h6,8,11,15H,3-5,7H2,1-2H3/t11-,15+/m0/s1. The summed E-state index contributed by atoms with van der Waals surface area (Å²) in [5.74, 6) is 1.46. The molecule has 0 N–H and O–H groups in total. The number of aryl methyl sites for hydroxylation is 1. The number of ether oxygens (including phenoxy) is 3. The minimum atomic E-state index is -0.318. The number of rotatable bonds is 1. The van der Waals surface area contributed by atoms with Crippen LogP contribution < -0.4 is 9.47 Å². The fourth-order valence-corrected chi connectivity index (χ4v) is 2.88. The molecule has 1 saturated heterocycles. The molecule has 2 heterocycles. The quantitative estimate of drug-likeness (QED) is 0.576. The van der Waals surface area contributed by atoms with Crippen molar-refractivity contribution in [2.45, 2.75) is 39.4 Å². The Hall–Kier alpha value is -1.55. The van der Waals surface area contributed by atoms with Gasteiger partial charge in [0.05, 0.1) is 6.61 Å². The summed E-state index contributed by atoms with van der Waals surface area (Å²) in [5, 5.41) is 0. The lowest BCUT2D eigenvalue weighted by Gasteiger charge is -2.37. The maximum absolute atomic E-state index is 11.0. The Morgan fingerprint density at radius 3 is 3.05 bits per heavy atom. The van der Waals surface area contributed by atoms with Crippen molar-refractivity contribution in [3.8, 4) is 11.5 Å². The lowest BCUT2D eigenvalue weighted by Crippen LogP contribution is -2.39. The number of benzene rings is 1. The van der Waals surface area contributed by atoms with Crippen molar-refractivity contribution in [3.63, 3.8) is 0 Å². The first kappa shape index (κ1) is 12.5. The van der Waals surface area contributed by atoms with Crippen LogP contribution in [0.2, 0.25) is 0 Å². The molecule has 19 heavy (non-hydrogen) atoms. The van der Waals surface area contributed by atoms with Gasteiger partial charge in [0.25, 0.3) is 0 Å². The highest BCUT2D eigenvalue weighted by molar-refractivity contribution is 5.69. The van der Waals surface area contributed by atoms with Gasteiger partial charge in [-0.3, -0.25) is 4.79 Å². The summed E-state index contributed by atoms with van der Waals surface area (Å²) in [4.78, 5) is 11.0. The van der Waals surface area contributed by atoms with Gasteiger partial charge in [-0.1, -0.05) is 0 Å². The van der Waals surface area contributed by atoms with E-state index in [1.165, 1.54) is 12.5 Å². The van der Waals surface area contributed by atoms with Gasteiger partial charge in [-0.2, -0.15) is 0 Å². The Bertz CT molecular complexity index is 509. The number of hydrogen-bond acceptors (Lipinski definition) is 4. The van der Waals surface area contributed by atoms with Crippen molar-refractivity contribution in [3.05, 3.63) is 23.3 Å². The van der Waals surface area contributed by atoms with Gasteiger partial charge in [-0.25, -0.2) is 0 Å². The van der Waals surface area contributed by atoms with Crippen LogP contribution in [0.5, 0.6) is 11.5 Å². The lowest BCUT2D eigenvalue weighted by molar-refractivity contribution is -0.149. The topological polar surface area (TPSA) is 44.8 Å². The lowest BCUT2D eigenvalue weighted by atomic mass is 9.88. The second kappa shape index (κ2) is 4.85. The van der Waals surface area contributed by atoms with Gasteiger partial charge in [0.15, 0.2) is 0 Å². The van der Waals surface area contributed by atoms with Crippen LogP contribution in [-0.4, -0.2) is 18.9 Å². The van der Waals surface area contributed by atoms with E-state index in [-0.39, 0.29) is 12.3 Å². The van der Waals surface area contributed by atoms with Crippen molar-refractivity contribution >= 4 is 5.97 Å². The molecule has 1 aromatic rings. The van der Waals surface area contributed by atoms with Gasteiger partial charge < -0.3 is 14.2 Å². The van der Waals surface area contributed by atoms with E-state index < -0.39 is 0 Å². The summed E-state index contributed by atoms with van der Waals surface area (Å²) < 4.78 is 16.7. The summed E-state index contributed by atoms with van der Waals surface area (Å²) >= 11 is 0. The largest absolute Gasteiger partial charge is 0.464 e. The van der Waals surface area contributed by atoms with Crippen molar-refractivity contribution in [2.24, 2.45) is 5.92 Å². The monoisotopic (exact) mass is 262 g/mol. The SMILES string of the molecule is CC(=O)Oc1cc(C)c2c(c1)O[C@H]1OCCC[C@H]1C2. The molecule has 4 heteroatoms. The van der Waals surface area contributed by atoms with E-state index in [4.69, 9.17) is 14.2 Å². The minimum absolute atomic E-state index is 0.145. The van der Waals surface area contributed by atoms with E-state index in [1.807, 2.05) is 13.0 Å². The summed E-state index contributed by atoms with van der Waals surface area (Å²) in [6.45, 7) is 4.19. The van der Waals surface area contributed by atoms with E-state index in [9.17, 15) is 4.79 Å². The maximum Gasteiger partial charge on any atom is 0.308 e. The highest BCUT2D eigenvalue weighted by Gasteiger charge is 2.34. The van der Waals surface area contributed by atoms with E-state index in [0.717, 1.165) is 37.2 Å². The average molecular weight is 262 g/mol. The molecule has 0 radical (unpaired) electrons. The second-order valence-corrected chi connectivity index (χ2v) is 5.27. The Morgan fingerprint density at radius 2 is 2.26 bits per heavy atom. The molecule has 1 fully saturated rings. The third kappa shape index (κ3) is 2.45. The zero-order valence-corrected chi connectivity index (χ0v) is 11.3. The van der Waals surface area contributed by atoms with Crippen molar-refractivity contribution in [1.82, 2.24) is 0 Å². The van der Waals surface area contributed by atoms with E-state index in [1.54, 1.807) is 6.07 Å². The van der Waals surface area contributed by atoms with Crippen LogP contribution in [0, 0.1) is 12.8 Å². The molecule has 102 valence electrons. The van der Waals surface area contributed by atoms with Gasteiger partial charge in [-0.15, -0.1) is 0 Å². The van der Waals surface area contributed by atoms with E-state index >= 15 is 0 Å². The molecule has 0 amide bonds. The molecule has 0 unspecified atom stereocenters. The Morgan fingerprint density at radius 1 is 1.42 bits per heavy atom. The fraction of sp³-hybridized carbons (Fsp3) is 0.533. The highest BCUT2D eigenvalue weighted by atomic mass is 16.7. The fourth-order valence-electron chi connectivity index (χ4n) is 2.88. The molecule has 4 nitrogen and oxygen atoms in total. The molecule has 0 aliphatic carbocycles. The van der Waals surface area contributed by atoms with Crippen LogP contribution in [0.1, 0.15) is 30.9 Å². The van der Waals surface area contributed by atoms with Crippen LogP contribution >= 0.6 is 0 Å². The smallest absolute Gasteiger partial charge is 0.308 e. The number of esters is 1. The van der Waals surface area contributed by atoms with Gasteiger partial charge >= 0.3 is 5.97 Å². The van der Waals surface area contributed by atoms with Crippen molar-refractivity contribution < 1.29 is 19.0 Å². The van der Waals surface area contributed by atoms with Crippen LogP contribution in [0.25, 0.3) is 0 Å². The second-order valence-electron chi connectivity index (χ2n) is 5.27. The van der Waals surface area contributed by atoms with Crippen molar-refractivity contribution in [2.75, 3.05) is 6.61 Å². The summed E-state index contributed by atoms with van der Waals surface area (Å²) in [6, 6.07) is 3.69. The number of carbonyl (C=O) groups excluding carboxylic acids is 1. The predicted octanol–water partition coefficient (Wildman–Crippen LogP) is 2.61. The molecule has 0 bridgehead atoms. The Balaban J connectivity index is 1.91. The normalized spacial score (nSPS) is 24.9. The molecule has 2 atom stereocenters. The third-order valence-electron chi connectivity index (χ3n) is 3.76.